The van der Waals surface area contributed by atoms with Crippen LogP contribution < -0.4 is 5.32 Å². The van der Waals surface area contributed by atoms with Crippen LogP contribution in [0.3, 0.4) is 0 Å². The molecular weight excluding hydrogens is 116 g/mol. The Bertz CT molecular complexity index is 66.1. The van der Waals surface area contributed by atoms with Crippen LogP contribution in [0.15, 0.2) is 0 Å². The van der Waals surface area contributed by atoms with Crippen molar-refractivity contribution in [3.8, 4) is 0 Å². The third-order valence-corrected chi connectivity index (χ3v) is 1.35. The zero-order valence-corrected chi connectivity index (χ0v) is 6.39. The van der Waals surface area contributed by atoms with Gasteiger partial charge < -0.3 is 10.4 Å². The highest BCUT2D eigenvalue weighted by Crippen LogP contribution is 1.86. The molecule has 0 aliphatic carbocycles. The molecule has 0 aliphatic heterocycles. The lowest BCUT2D eigenvalue weighted by Gasteiger charge is -2.18. The van der Waals surface area contributed by atoms with Gasteiger partial charge in [0.25, 0.3) is 0 Å². The molecule has 0 aliphatic rings. The van der Waals surface area contributed by atoms with E-state index in [0.717, 1.165) is 13.1 Å². The van der Waals surface area contributed by atoms with Gasteiger partial charge in [0.1, 0.15) is 6.23 Å². The van der Waals surface area contributed by atoms with Gasteiger partial charge in [-0.05, 0) is 21.0 Å². The van der Waals surface area contributed by atoms with E-state index in [0.29, 0.717) is 0 Å². The van der Waals surface area contributed by atoms with Gasteiger partial charge in [-0.15, -0.1) is 0 Å². The van der Waals surface area contributed by atoms with E-state index < -0.39 is 0 Å². The molecule has 0 spiro atoms. The van der Waals surface area contributed by atoms with Crippen LogP contribution in [0.4, 0.5) is 0 Å². The van der Waals surface area contributed by atoms with Gasteiger partial charge in [0.2, 0.25) is 0 Å². The smallest absolute Gasteiger partial charge is 0.104 e. The Labute approximate surface area is 56.7 Å². The van der Waals surface area contributed by atoms with Crippen molar-refractivity contribution in [1.29, 1.82) is 0 Å². The van der Waals surface area contributed by atoms with Gasteiger partial charge >= 0.3 is 0 Å². The Kier molecular flexibility index (Phi) is 4.67. The summed E-state index contributed by atoms with van der Waals surface area (Å²) >= 11 is 0. The number of aliphatic hydroxyl groups is 1. The molecule has 0 aromatic carbocycles. The van der Waals surface area contributed by atoms with Gasteiger partial charge in [0.15, 0.2) is 0 Å². The average Bonchev–Trinajstić information content (AvgIpc) is 1.82. The lowest BCUT2D eigenvalue weighted by Crippen LogP contribution is -2.34. The fraction of sp³-hybridized carbons (Fsp3) is 1.00. The van der Waals surface area contributed by atoms with Crippen LogP contribution in [0.1, 0.15) is 6.92 Å². The molecule has 1 atom stereocenters. The SMILES string of the molecule is CNCCN(C)C(C)O. The molecule has 0 radical (unpaired) electrons. The first kappa shape index (κ1) is 8.88. The number of likely N-dealkylation sites (N-methyl/N-ethyl adjacent to an activating group) is 2. The highest BCUT2D eigenvalue weighted by Gasteiger charge is 2.01. The molecule has 0 amide bonds. The molecule has 0 fully saturated rings. The summed E-state index contributed by atoms with van der Waals surface area (Å²) in [5, 5.41) is 11.9. The maximum atomic E-state index is 8.95. The summed E-state index contributed by atoms with van der Waals surface area (Å²) in [5.41, 5.74) is 0. The van der Waals surface area contributed by atoms with Gasteiger partial charge in [-0.3, -0.25) is 4.90 Å². The fourth-order valence-corrected chi connectivity index (χ4v) is 0.475. The van der Waals surface area contributed by atoms with Crippen LogP contribution in [-0.4, -0.2) is 43.4 Å². The summed E-state index contributed by atoms with van der Waals surface area (Å²) in [6.45, 7) is 3.56. The van der Waals surface area contributed by atoms with Crippen molar-refractivity contribution in [1.82, 2.24) is 10.2 Å². The highest BCUT2D eigenvalue weighted by molar-refractivity contribution is 4.51. The summed E-state index contributed by atoms with van der Waals surface area (Å²) in [6.07, 6.45) is -0.335. The van der Waals surface area contributed by atoms with Crippen LogP contribution in [0.5, 0.6) is 0 Å². The van der Waals surface area contributed by atoms with Crippen molar-refractivity contribution in [2.24, 2.45) is 0 Å². The maximum Gasteiger partial charge on any atom is 0.104 e. The fourth-order valence-electron chi connectivity index (χ4n) is 0.475. The Hall–Kier alpha value is -0.120. The van der Waals surface area contributed by atoms with Crippen molar-refractivity contribution >= 4 is 0 Å². The van der Waals surface area contributed by atoms with Crippen molar-refractivity contribution < 1.29 is 5.11 Å². The molecule has 0 aromatic rings. The normalized spacial score (nSPS) is 14.3. The number of rotatable bonds is 4. The predicted octanol–water partition coefficient (Wildman–Crippen LogP) is -0.524. The third kappa shape index (κ3) is 4.39. The highest BCUT2D eigenvalue weighted by atomic mass is 16.3. The van der Waals surface area contributed by atoms with Crippen LogP contribution >= 0.6 is 0 Å². The second-order valence-corrected chi connectivity index (χ2v) is 2.22. The molecule has 56 valence electrons. The van der Waals surface area contributed by atoms with Gasteiger partial charge in [0.05, 0.1) is 0 Å². The summed E-state index contributed by atoms with van der Waals surface area (Å²) in [7, 11) is 3.79. The van der Waals surface area contributed by atoms with E-state index in [2.05, 4.69) is 5.32 Å². The van der Waals surface area contributed by atoms with Gasteiger partial charge in [-0.2, -0.15) is 0 Å². The van der Waals surface area contributed by atoms with E-state index in [4.69, 9.17) is 5.11 Å². The Morgan fingerprint density at radius 2 is 2.22 bits per heavy atom. The van der Waals surface area contributed by atoms with Crippen LogP contribution in [0, 0.1) is 0 Å². The number of nitrogens with one attached hydrogen (secondary N) is 1. The minimum absolute atomic E-state index is 0.335. The molecule has 0 saturated heterocycles. The van der Waals surface area contributed by atoms with Crippen LogP contribution in [0.25, 0.3) is 0 Å². The second kappa shape index (κ2) is 4.73. The largest absolute Gasteiger partial charge is 0.379 e. The van der Waals surface area contributed by atoms with Crippen LogP contribution in [0.2, 0.25) is 0 Å². The Balaban J connectivity index is 3.16. The van der Waals surface area contributed by atoms with Crippen LogP contribution in [-0.2, 0) is 0 Å². The molecule has 3 nitrogen and oxygen atoms in total. The first-order valence-electron chi connectivity index (χ1n) is 3.21. The standard InChI is InChI=1S/C6H16N2O/c1-6(9)8(3)5-4-7-2/h6-7,9H,4-5H2,1-3H3. The lowest BCUT2D eigenvalue weighted by atomic mass is 10.5. The number of nitrogens with zero attached hydrogens (tertiary/aromatic N) is 1. The monoisotopic (exact) mass is 132 g/mol. The minimum atomic E-state index is -0.335. The number of aliphatic hydroxyl groups excluding tert-OH is 1. The first-order chi connectivity index (χ1) is 4.18. The molecule has 0 saturated carbocycles. The minimum Gasteiger partial charge on any atom is -0.379 e. The Morgan fingerprint density at radius 3 is 2.56 bits per heavy atom. The zero-order valence-electron chi connectivity index (χ0n) is 6.39. The molecular formula is C6H16N2O. The van der Waals surface area contributed by atoms with E-state index in [1.165, 1.54) is 0 Å². The number of hydrogen-bond acceptors (Lipinski definition) is 3. The molecule has 2 N–H and O–H groups in total. The molecule has 0 rings (SSSR count). The predicted molar refractivity (Wildman–Crippen MR) is 38.2 cm³/mol. The summed E-state index contributed by atoms with van der Waals surface area (Å²) in [6, 6.07) is 0. The summed E-state index contributed by atoms with van der Waals surface area (Å²) < 4.78 is 0. The van der Waals surface area contributed by atoms with Crippen molar-refractivity contribution in [3.63, 3.8) is 0 Å². The molecule has 1 unspecified atom stereocenters. The third-order valence-electron chi connectivity index (χ3n) is 1.35. The van der Waals surface area contributed by atoms with E-state index in [9.17, 15) is 0 Å². The summed E-state index contributed by atoms with van der Waals surface area (Å²) in [4.78, 5) is 1.87. The quantitative estimate of drug-likeness (QED) is 0.505. The molecule has 3 heteroatoms. The van der Waals surface area contributed by atoms with E-state index in [1.54, 1.807) is 6.92 Å². The maximum absolute atomic E-state index is 8.95. The topological polar surface area (TPSA) is 35.5 Å². The van der Waals surface area contributed by atoms with E-state index >= 15 is 0 Å². The van der Waals surface area contributed by atoms with Gasteiger partial charge in [-0.25, -0.2) is 0 Å². The first-order valence-corrected chi connectivity index (χ1v) is 3.21. The van der Waals surface area contributed by atoms with E-state index in [-0.39, 0.29) is 6.23 Å². The molecule has 0 aromatic heterocycles. The van der Waals surface area contributed by atoms with E-state index in [1.807, 2.05) is 19.0 Å². The lowest BCUT2D eigenvalue weighted by molar-refractivity contribution is 0.0396. The summed E-state index contributed by atoms with van der Waals surface area (Å²) in [5.74, 6) is 0. The van der Waals surface area contributed by atoms with Crippen molar-refractivity contribution in [2.75, 3.05) is 27.2 Å². The molecule has 0 bridgehead atoms. The zero-order chi connectivity index (χ0) is 7.28. The second-order valence-electron chi connectivity index (χ2n) is 2.22. The van der Waals surface area contributed by atoms with Gasteiger partial charge in [-0.1, -0.05) is 0 Å². The Morgan fingerprint density at radius 1 is 1.67 bits per heavy atom. The van der Waals surface area contributed by atoms with Gasteiger partial charge in [0, 0.05) is 13.1 Å². The van der Waals surface area contributed by atoms with Crippen molar-refractivity contribution in [3.05, 3.63) is 0 Å². The number of hydrogen-bond donors (Lipinski definition) is 2. The molecule has 0 heterocycles. The molecule has 9 heavy (non-hydrogen) atoms. The van der Waals surface area contributed by atoms with Crippen molar-refractivity contribution in [2.45, 2.75) is 13.2 Å². The average molecular weight is 132 g/mol.